The van der Waals surface area contributed by atoms with Crippen molar-refractivity contribution in [3.05, 3.63) is 90.1 Å². The van der Waals surface area contributed by atoms with Crippen molar-refractivity contribution in [3.63, 3.8) is 0 Å². The zero-order chi connectivity index (χ0) is 29.2. The van der Waals surface area contributed by atoms with Crippen LogP contribution < -0.4 is 24.4 Å². The standard InChI is InChI=1S/C31H34N2O6S/c1-8-37-24-17-21(12-15-23(24)39-19(4)34)27-26(29(36)38-9-2)18(3)32-30-33(27)28(35)25(40-30)16-20-10-13-22(14-11-20)31(5,6)7/h10-17,27H,8-9H2,1-7H3/b25-16+/t27-/m0/s1. The van der Waals surface area contributed by atoms with Crippen LogP contribution in [0.25, 0.3) is 6.08 Å². The second-order valence-electron chi connectivity index (χ2n) is 10.4. The largest absolute Gasteiger partial charge is 0.490 e. The third kappa shape index (κ3) is 5.94. The summed E-state index contributed by atoms with van der Waals surface area (Å²) < 4.78 is 18.5. The minimum absolute atomic E-state index is 0.0181. The van der Waals surface area contributed by atoms with Crippen LogP contribution in [0, 0.1) is 0 Å². The molecule has 40 heavy (non-hydrogen) atoms. The molecule has 0 spiro atoms. The van der Waals surface area contributed by atoms with E-state index in [-0.39, 0.29) is 28.9 Å². The smallest absolute Gasteiger partial charge is 0.338 e. The quantitative estimate of drug-likeness (QED) is 0.313. The summed E-state index contributed by atoms with van der Waals surface area (Å²) in [5.41, 5.74) is 3.16. The van der Waals surface area contributed by atoms with Crippen LogP contribution in [0.4, 0.5) is 0 Å². The monoisotopic (exact) mass is 562 g/mol. The van der Waals surface area contributed by atoms with E-state index in [1.807, 2.05) is 25.1 Å². The van der Waals surface area contributed by atoms with Crippen LogP contribution in [0.3, 0.4) is 0 Å². The van der Waals surface area contributed by atoms with Crippen molar-refractivity contribution in [2.75, 3.05) is 13.2 Å². The number of hydrogen-bond acceptors (Lipinski definition) is 8. The van der Waals surface area contributed by atoms with Crippen molar-refractivity contribution in [1.29, 1.82) is 0 Å². The molecule has 3 aromatic rings. The van der Waals surface area contributed by atoms with Crippen molar-refractivity contribution in [1.82, 2.24) is 4.57 Å². The van der Waals surface area contributed by atoms with E-state index in [9.17, 15) is 14.4 Å². The molecule has 9 heteroatoms. The van der Waals surface area contributed by atoms with E-state index in [0.29, 0.717) is 33.0 Å². The van der Waals surface area contributed by atoms with Crippen molar-refractivity contribution in [2.45, 2.75) is 59.9 Å². The van der Waals surface area contributed by atoms with Gasteiger partial charge in [0.05, 0.1) is 35.1 Å². The van der Waals surface area contributed by atoms with Crippen LogP contribution in [0.15, 0.2) is 63.5 Å². The van der Waals surface area contributed by atoms with Gasteiger partial charge in [0.25, 0.3) is 5.56 Å². The fraction of sp³-hybridized carbons (Fsp3) is 0.355. The first-order chi connectivity index (χ1) is 18.9. The molecule has 8 nitrogen and oxygen atoms in total. The predicted octanol–water partition coefficient (Wildman–Crippen LogP) is 4.42. The first kappa shape index (κ1) is 29.0. The van der Waals surface area contributed by atoms with Crippen LogP contribution in [0.5, 0.6) is 11.5 Å². The number of allylic oxidation sites excluding steroid dienone is 1. The van der Waals surface area contributed by atoms with Crippen molar-refractivity contribution in [3.8, 4) is 11.5 Å². The van der Waals surface area contributed by atoms with E-state index in [1.165, 1.54) is 28.4 Å². The van der Waals surface area contributed by atoms with Gasteiger partial charge in [-0.05, 0) is 61.1 Å². The highest BCUT2D eigenvalue weighted by atomic mass is 32.1. The summed E-state index contributed by atoms with van der Waals surface area (Å²) in [7, 11) is 0. The summed E-state index contributed by atoms with van der Waals surface area (Å²) in [6.45, 7) is 13.5. The number of carbonyl (C=O) groups excluding carboxylic acids is 2. The Kier molecular flexibility index (Phi) is 8.44. The Hall–Kier alpha value is -3.98. The molecule has 0 radical (unpaired) electrons. The Morgan fingerprint density at radius 2 is 1.75 bits per heavy atom. The maximum absolute atomic E-state index is 13.9. The molecule has 2 heterocycles. The van der Waals surface area contributed by atoms with Gasteiger partial charge in [-0.3, -0.25) is 14.2 Å². The molecule has 1 aliphatic rings. The number of aromatic nitrogens is 1. The van der Waals surface area contributed by atoms with E-state index < -0.39 is 18.0 Å². The zero-order valence-corrected chi connectivity index (χ0v) is 24.7. The van der Waals surface area contributed by atoms with Gasteiger partial charge in [-0.15, -0.1) is 0 Å². The zero-order valence-electron chi connectivity index (χ0n) is 23.9. The molecule has 1 aromatic heterocycles. The van der Waals surface area contributed by atoms with E-state index in [0.717, 1.165) is 5.56 Å². The van der Waals surface area contributed by atoms with E-state index in [4.69, 9.17) is 14.2 Å². The van der Waals surface area contributed by atoms with Gasteiger partial charge in [-0.25, -0.2) is 9.79 Å². The first-order valence-electron chi connectivity index (χ1n) is 13.2. The van der Waals surface area contributed by atoms with Gasteiger partial charge in [0, 0.05) is 6.92 Å². The Morgan fingerprint density at radius 1 is 1.05 bits per heavy atom. The van der Waals surface area contributed by atoms with Crippen LogP contribution >= 0.6 is 11.3 Å². The minimum atomic E-state index is -0.814. The second-order valence-corrected chi connectivity index (χ2v) is 11.4. The van der Waals surface area contributed by atoms with Crippen molar-refractivity contribution >= 4 is 29.4 Å². The van der Waals surface area contributed by atoms with Crippen LogP contribution in [-0.4, -0.2) is 29.7 Å². The number of rotatable bonds is 7. The molecule has 0 amide bonds. The molecule has 0 N–H and O–H groups in total. The Labute approximate surface area is 237 Å². The lowest BCUT2D eigenvalue weighted by atomic mass is 9.87. The highest BCUT2D eigenvalue weighted by Gasteiger charge is 2.34. The van der Waals surface area contributed by atoms with E-state index in [2.05, 4.69) is 37.9 Å². The molecular weight excluding hydrogens is 528 g/mol. The number of hydrogen-bond donors (Lipinski definition) is 0. The Morgan fingerprint density at radius 3 is 2.35 bits per heavy atom. The van der Waals surface area contributed by atoms with Gasteiger partial charge in [0.15, 0.2) is 16.3 Å². The molecule has 1 aliphatic heterocycles. The normalized spacial score (nSPS) is 15.4. The highest BCUT2D eigenvalue weighted by molar-refractivity contribution is 7.07. The molecule has 210 valence electrons. The van der Waals surface area contributed by atoms with Gasteiger partial charge in [-0.1, -0.05) is 62.4 Å². The summed E-state index contributed by atoms with van der Waals surface area (Å²) in [6.07, 6.45) is 1.84. The minimum Gasteiger partial charge on any atom is -0.490 e. The van der Waals surface area contributed by atoms with Gasteiger partial charge in [-0.2, -0.15) is 0 Å². The van der Waals surface area contributed by atoms with Gasteiger partial charge in [0.2, 0.25) is 0 Å². The summed E-state index contributed by atoms with van der Waals surface area (Å²) in [5.74, 6) is -0.459. The first-order valence-corrected chi connectivity index (χ1v) is 14.0. The number of benzene rings is 2. The number of carbonyl (C=O) groups is 2. The predicted molar refractivity (Wildman–Crippen MR) is 154 cm³/mol. The number of fused-ring (bicyclic) bond motifs is 1. The van der Waals surface area contributed by atoms with Crippen LogP contribution in [0.2, 0.25) is 0 Å². The molecule has 4 rings (SSSR count). The average Bonchev–Trinajstić information content (AvgIpc) is 3.18. The summed E-state index contributed by atoms with van der Waals surface area (Å²) >= 11 is 1.26. The summed E-state index contributed by atoms with van der Waals surface area (Å²) in [6, 6.07) is 12.3. The molecule has 0 aliphatic carbocycles. The van der Waals surface area contributed by atoms with Gasteiger partial charge in [0.1, 0.15) is 0 Å². The average molecular weight is 563 g/mol. The number of nitrogens with zero attached hydrogens (tertiary/aromatic N) is 2. The number of esters is 2. The second kappa shape index (κ2) is 11.6. The van der Waals surface area contributed by atoms with Crippen molar-refractivity contribution in [2.24, 2.45) is 4.99 Å². The molecular formula is C31H34N2O6S. The van der Waals surface area contributed by atoms with Crippen LogP contribution in [-0.2, 0) is 19.7 Å². The lowest BCUT2D eigenvalue weighted by Gasteiger charge is -2.25. The highest BCUT2D eigenvalue weighted by Crippen LogP contribution is 2.36. The maximum Gasteiger partial charge on any atom is 0.338 e. The third-order valence-electron chi connectivity index (χ3n) is 6.43. The topological polar surface area (TPSA) is 96.2 Å². The van der Waals surface area contributed by atoms with Crippen molar-refractivity contribution < 1.29 is 23.8 Å². The third-order valence-corrected chi connectivity index (χ3v) is 7.41. The number of thiazole rings is 1. The van der Waals surface area contributed by atoms with Gasteiger partial charge < -0.3 is 14.2 Å². The summed E-state index contributed by atoms with van der Waals surface area (Å²) in [5, 5.41) is 0. The van der Waals surface area contributed by atoms with Gasteiger partial charge >= 0.3 is 11.9 Å². The van der Waals surface area contributed by atoms with Crippen LogP contribution in [0.1, 0.15) is 71.2 Å². The maximum atomic E-state index is 13.9. The number of ether oxygens (including phenoxy) is 3. The summed E-state index contributed by atoms with van der Waals surface area (Å²) in [4.78, 5) is 43.8. The fourth-order valence-electron chi connectivity index (χ4n) is 4.54. The molecule has 0 fully saturated rings. The molecule has 2 aromatic carbocycles. The molecule has 1 atom stereocenters. The fourth-order valence-corrected chi connectivity index (χ4v) is 5.59. The lowest BCUT2D eigenvalue weighted by Crippen LogP contribution is -2.40. The lowest BCUT2D eigenvalue weighted by molar-refractivity contribution is -0.139. The Balaban J connectivity index is 1.91. The molecule has 0 bridgehead atoms. The molecule has 0 saturated carbocycles. The molecule has 0 saturated heterocycles. The Bertz CT molecular complexity index is 1660. The molecule has 0 unspecified atom stereocenters. The van der Waals surface area contributed by atoms with E-state index >= 15 is 0 Å². The SMILES string of the molecule is CCOC(=O)C1=C(C)N=c2s/c(=C/c3ccc(C(C)(C)C)cc3)c(=O)n2[C@H]1c1ccc(OC(C)=O)c(OCC)c1. The van der Waals surface area contributed by atoms with E-state index in [1.54, 1.807) is 32.0 Å².